The van der Waals surface area contributed by atoms with Crippen molar-refractivity contribution in [2.24, 2.45) is 0 Å². The monoisotopic (exact) mass is 574 g/mol. The van der Waals surface area contributed by atoms with Crippen LogP contribution >= 0.6 is 0 Å². The molecule has 15 heteroatoms. The highest BCUT2D eigenvalue weighted by Gasteiger charge is 2.42. The average Bonchev–Trinajstić information content (AvgIpc) is 3.55. The van der Waals surface area contributed by atoms with Crippen LogP contribution in [-0.2, 0) is 37.8 Å². The maximum absolute atomic E-state index is 13.5. The van der Waals surface area contributed by atoms with Gasteiger partial charge in [-0.15, -0.1) is 6.42 Å². The second kappa shape index (κ2) is 9.79. The SMILES string of the molecule is C#Cc1ccc2[nH]c(S(=O)(=O)N3CCN(C(=O)c4nc5c(o4)CN(S(C)(=O)=O)CC5)C(C(=O)NC)C3)cc2c1. The number of aromatic amines is 1. The fourth-order valence-electron chi connectivity index (χ4n) is 4.75. The average molecular weight is 575 g/mol. The van der Waals surface area contributed by atoms with Crippen molar-refractivity contribution in [3.63, 3.8) is 0 Å². The molecule has 1 aromatic carbocycles. The van der Waals surface area contributed by atoms with Gasteiger partial charge in [-0.3, -0.25) is 9.59 Å². The number of piperazine rings is 1. The van der Waals surface area contributed by atoms with E-state index in [0.29, 0.717) is 22.2 Å². The van der Waals surface area contributed by atoms with Crippen LogP contribution in [0.4, 0.5) is 0 Å². The van der Waals surface area contributed by atoms with Crippen LogP contribution in [0.5, 0.6) is 0 Å². The molecular formula is C24H26N6O7S2. The van der Waals surface area contributed by atoms with E-state index in [-0.39, 0.29) is 55.8 Å². The lowest BCUT2D eigenvalue weighted by Gasteiger charge is -2.38. The van der Waals surface area contributed by atoms with E-state index in [1.807, 2.05) is 0 Å². The van der Waals surface area contributed by atoms with E-state index in [1.165, 1.54) is 22.3 Å². The topological polar surface area (TPSA) is 166 Å². The van der Waals surface area contributed by atoms with Gasteiger partial charge in [0.2, 0.25) is 15.9 Å². The summed E-state index contributed by atoms with van der Waals surface area (Å²) in [6.07, 6.45) is 6.81. The lowest BCUT2D eigenvalue weighted by Crippen LogP contribution is -2.61. The van der Waals surface area contributed by atoms with Crippen molar-refractivity contribution in [1.29, 1.82) is 0 Å². The first-order valence-electron chi connectivity index (χ1n) is 12.0. The molecule has 0 spiro atoms. The first-order chi connectivity index (χ1) is 18.4. The Balaban J connectivity index is 1.39. The Labute approximate surface area is 225 Å². The molecule has 5 rings (SSSR count). The maximum atomic E-state index is 13.5. The van der Waals surface area contributed by atoms with Gasteiger partial charge in [0, 0.05) is 56.1 Å². The minimum atomic E-state index is -4.05. The third-order valence-electron chi connectivity index (χ3n) is 6.88. The molecule has 1 saturated heterocycles. The van der Waals surface area contributed by atoms with E-state index in [9.17, 15) is 26.4 Å². The summed E-state index contributed by atoms with van der Waals surface area (Å²) < 4.78 is 58.8. The molecule has 3 aromatic rings. The Morgan fingerprint density at radius 1 is 1.15 bits per heavy atom. The number of benzene rings is 1. The number of H-pyrrole nitrogens is 1. The molecule has 2 aromatic heterocycles. The van der Waals surface area contributed by atoms with Crippen molar-refractivity contribution in [2.75, 3.05) is 39.5 Å². The third-order valence-corrected chi connectivity index (χ3v) is 9.92. The lowest BCUT2D eigenvalue weighted by atomic mass is 10.1. The first kappa shape index (κ1) is 26.9. The molecule has 13 nitrogen and oxygen atoms in total. The summed E-state index contributed by atoms with van der Waals surface area (Å²) in [4.78, 5) is 34.6. The summed E-state index contributed by atoms with van der Waals surface area (Å²) in [5.41, 5.74) is 1.67. The Kier molecular flexibility index (Phi) is 6.75. The number of hydrogen-bond donors (Lipinski definition) is 2. The first-order valence-corrected chi connectivity index (χ1v) is 15.3. The number of oxazole rings is 1. The third kappa shape index (κ3) is 4.91. The predicted molar refractivity (Wildman–Crippen MR) is 139 cm³/mol. The summed E-state index contributed by atoms with van der Waals surface area (Å²) in [6, 6.07) is 5.41. The molecule has 0 radical (unpaired) electrons. The van der Waals surface area contributed by atoms with Gasteiger partial charge in [0.1, 0.15) is 16.8 Å². The Hall–Kier alpha value is -3.71. The van der Waals surface area contributed by atoms with Crippen LogP contribution in [0.15, 0.2) is 33.7 Å². The van der Waals surface area contributed by atoms with E-state index in [2.05, 4.69) is 21.2 Å². The highest BCUT2D eigenvalue weighted by atomic mass is 32.2. The Bertz CT molecular complexity index is 1740. The van der Waals surface area contributed by atoms with Gasteiger partial charge in [-0.2, -0.15) is 8.61 Å². The normalized spacial score (nSPS) is 19.0. The fourth-order valence-corrected chi connectivity index (χ4v) is 6.98. The van der Waals surface area contributed by atoms with Gasteiger partial charge >= 0.3 is 5.91 Å². The second-order valence-corrected chi connectivity index (χ2v) is 13.2. The van der Waals surface area contributed by atoms with Crippen molar-refractivity contribution >= 4 is 42.8 Å². The highest BCUT2D eigenvalue weighted by molar-refractivity contribution is 7.89. The molecule has 39 heavy (non-hydrogen) atoms. The van der Waals surface area contributed by atoms with E-state index in [4.69, 9.17) is 10.8 Å². The Morgan fingerprint density at radius 2 is 1.92 bits per heavy atom. The molecule has 206 valence electrons. The van der Waals surface area contributed by atoms with Gasteiger partial charge in [-0.05, 0) is 24.3 Å². The van der Waals surface area contributed by atoms with Crippen molar-refractivity contribution in [2.45, 2.75) is 24.0 Å². The van der Waals surface area contributed by atoms with Gasteiger partial charge in [-0.1, -0.05) is 5.92 Å². The van der Waals surface area contributed by atoms with Crippen molar-refractivity contribution in [1.82, 2.24) is 28.8 Å². The van der Waals surface area contributed by atoms with Crippen molar-refractivity contribution in [3.8, 4) is 12.3 Å². The standard InChI is InChI=1S/C24H26N6O7S2/c1-4-15-5-6-17-16(11-15)12-21(26-17)39(35,36)29-9-10-30(19(13-29)22(31)25-2)24(32)23-27-18-7-8-28(38(3,33)34)14-20(18)37-23/h1,5-6,11-12,19,26H,7-10,13-14H2,2-3H3,(H,25,31). The summed E-state index contributed by atoms with van der Waals surface area (Å²) in [5.74, 6) is 1.25. The fraction of sp³-hybridized carbons (Fsp3) is 0.375. The number of hydrogen-bond acceptors (Lipinski definition) is 8. The lowest BCUT2D eigenvalue weighted by molar-refractivity contribution is -0.126. The van der Waals surface area contributed by atoms with Crippen LogP contribution in [0.25, 0.3) is 10.9 Å². The van der Waals surface area contributed by atoms with Crippen LogP contribution in [-0.4, -0.2) is 97.7 Å². The van der Waals surface area contributed by atoms with Gasteiger partial charge in [0.15, 0.2) is 0 Å². The minimum absolute atomic E-state index is 0.0489. The quantitative estimate of drug-likeness (QED) is 0.393. The number of sulfonamides is 2. The Morgan fingerprint density at radius 3 is 2.62 bits per heavy atom. The molecule has 2 N–H and O–H groups in total. The van der Waals surface area contributed by atoms with E-state index >= 15 is 0 Å². The van der Waals surface area contributed by atoms with Gasteiger partial charge in [0.05, 0.1) is 18.5 Å². The number of aromatic nitrogens is 2. The largest absolute Gasteiger partial charge is 0.436 e. The summed E-state index contributed by atoms with van der Waals surface area (Å²) in [7, 11) is -6.11. The number of nitrogens with zero attached hydrogens (tertiary/aromatic N) is 4. The summed E-state index contributed by atoms with van der Waals surface area (Å²) in [6.45, 7) is -0.302. The molecule has 1 fully saturated rings. The molecule has 1 atom stereocenters. The van der Waals surface area contributed by atoms with Crippen LogP contribution in [0.2, 0.25) is 0 Å². The van der Waals surface area contributed by atoms with Crippen LogP contribution in [0, 0.1) is 12.3 Å². The molecule has 0 bridgehead atoms. The van der Waals surface area contributed by atoms with Gasteiger partial charge in [-0.25, -0.2) is 21.8 Å². The molecule has 1 unspecified atom stereocenters. The second-order valence-electron chi connectivity index (χ2n) is 9.31. The maximum Gasteiger partial charge on any atom is 0.310 e. The molecule has 4 heterocycles. The number of nitrogens with one attached hydrogen (secondary N) is 2. The van der Waals surface area contributed by atoms with Crippen LogP contribution < -0.4 is 5.32 Å². The molecule has 2 aliphatic heterocycles. The summed E-state index contributed by atoms with van der Waals surface area (Å²) in [5, 5.41) is 3.05. The smallest absolute Gasteiger partial charge is 0.310 e. The predicted octanol–water partition coefficient (Wildman–Crippen LogP) is -0.284. The number of likely N-dealkylation sites (N-methyl/N-ethyl adjacent to an activating group) is 1. The highest BCUT2D eigenvalue weighted by Crippen LogP contribution is 2.27. The van der Waals surface area contributed by atoms with Crippen molar-refractivity contribution in [3.05, 3.63) is 47.2 Å². The van der Waals surface area contributed by atoms with E-state index < -0.39 is 37.9 Å². The minimum Gasteiger partial charge on any atom is -0.436 e. The molecular weight excluding hydrogens is 548 g/mol. The van der Waals surface area contributed by atoms with Crippen LogP contribution in [0.3, 0.4) is 0 Å². The zero-order chi connectivity index (χ0) is 28.1. The number of fused-ring (bicyclic) bond motifs is 2. The number of carbonyl (C=O) groups excluding carboxylic acids is 2. The zero-order valence-electron chi connectivity index (χ0n) is 21.2. The molecule has 0 aliphatic carbocycles. The molecule has 2 aliphatic rings. The van der Waals surface area contributed by atoms with Crippen LogP contribution in [0.1, 0.15) is 27.7 Å². The molecule has 2 amide bonds. The number of terminal acetylenes is 1. The van der Waals surface area contributed by atoms with E-state index in [1.54, 1.807) is 18.2 Å². The summed E-state index contributed by atoms with van der Waals surface area (Å²) >= 11 is 0. The number of carbonyl (C=O) groups is 2. The number of amides is 2. The van der Waals surface area contributed by atoms with Gasteiger partial charge in [0.25, 0.3) is 15.9 Å². The zero-order valence-corrected chi connectivity index (χ0v) is 22.8. The van der Waals surface area contributed by atoms with E-state index in [0.717, 1.165) is 10.6 Å². The van der Waals surface area contributed by atoms with Gasteiger partial charge < -0.3 is 19.6 Å². The number of rotatable bonds is 5. The molecule has 0 saturated carbocycles. The van der Waals surface area contributed by atoms with Crippen molar-refractivity contribution < 1.29 is 30.8 Å².